The molecule has 3 N–H and O–H groups in total. The molecule has 0 aromatic carbocycles. The number of hydrogen-bond acceptors (Lipinski definition) is 7. The fourth-order valence-corrected chi connectivity index (χ4v) is 2.47. The Morgan fingerprint density at radius 2 is 1.65 bits per heavy atom. The molecule has 1 saturated heterocycles. The number of carbonyl (C=O) groups excluding carboxylic acids is 1. The number of carbonyl (C=O) groups is 1. The lowest BCUT2D eigenvalue weighted by atomic mass is 9.99. The molecule has 0 aliphatic carbocycles. The van der Waals surface area contributed by atoms with Crippen molar-refractivity contribution >= 4 is 5.97 Å². The smallest absolute Gasteiger partial charge is 0.302 e. The number of hydrogen-bond donors (Lipinski definition) is 3. The monoisotopic (exact) mass is 334 g/mol. The van der Waals surface area contributed by atoms with Crippen LogP contribution in [0.15, 0.2) is 0 Å². The van der Waals surface area contributed by atoms with Gasteiger partial charge >= 0.3 is 5.97 Å². The van der Waals surface area contributed by atoms with E-state index >= 15 is 0 Å². The Labute approximate surface area is 137 Å². The number of aliphatic hydroxyl groups excluding tert-OH is 3. The average Bonchev–Trinajstić information content (AvgIpc) is 2.52. The molecule has 0 radical (unpaired) electrons. The van der Waals surface area contributed by atoms with E-state index in [1.165, 1.54) is 26.2 Å². The number of esters is 1. The standard InChI is InChI=1S/C16H30O7/c1-3-4-5-6-7-8-9-21-16-15(20)14(19)13(18)12(23-16)10-22-11(2)17/h12-16,18-20H,3-10H2,1-2H3/t12-,13-,14+,15-,16-/m1/s1. The summed E-state index contributed by atoms with van der Waals surface area (Å²) in [4.78, 5) is 10.8. The third kappa shape index (κ3) is 7.14. The molecule has 136 valence electrons. The predicted molar refractivity (Wildman–Crippen MR) is 82.6 cm³/mol. The zero-order valence-corrected chi connectivity index (χ0v) is 14.0. The van der Waals surface area contributed by atoms with Crippen molar-refractivity contribution in [3.8, 4) is 0 Å². The zero-order chi connectivity index (χ0) is 17.2. The molecule has 0 unspecified atom stereocenters. The number of aliphatic hydroxyl groups is 3. The van der Waals surface area contributed by atoms with Crippen molar-refractivity contribution < 1.29 is 34.3 Å². The second-order valence-electron chi connectivity index (χ2n) is 5.96. The van der Waals surface area contributed by atoms with Crippen LogP contribution in [0, 0.1) is 0 Å². The predicted octanol–water partition coefficient (Wildman–Crippen LogP) is 0.734. The molecule has 0 spiro atoms. The highest BCUT2D eigenvalue weighted by atomic mass is 16.7. The molecule has 1 rings (SSSR count). The summed E-state index contributed by atoms with van der Waals surface area (Å²) in [5.74, 6) is -0.508. The lowest BCUT2D eigenvalue weighted by Crippen LogP contribution is -2.59. The van der Waals surface area contributed by atoms with Gasteiger partial charge in [-0.1, -0.05) is 39.0 Å². The van der Waals surface area contributed by atoms with Crippen molar-refractivity contribution in [3.05, 3.63) is 0 Å². The Bertz CT molecular complexity index is 336. The van der Waals surface area contributed by atoms with Gasteiger partial charge in [0.25, 0.3) is 0 Å². The van der Waals surface area contributed by atoms with Crippen LogP contribution in [0.3, 0.4) is 0 Å². The van der Waals surface area contributed by atoms with Crippen LogP contribution < -0.4 is 0 Å². The molecule has 7 nitrogen and oxygen atoms in total. The summed E-state index contributed by atoms with van der Waals surface area (Å²) in [6.45, 7) is 3.61. The maximum atomic E-state index is 10.8. The van der Waals surface area contributed by atoms with E-state index in [-0.39, 0.29) is 6.61 Å². The number of ether oxygens (including phenoxy) is 3. The van der Waals surface area contributed by atoms with Crippen molar-refractivity contribution in [2.45, 2.75) is 83.1 Å². The van der Waals surface area contributed by atoms with Gasteiger partial charge in [0, 0.05) is 13.5 Å². The third-order valence-corrected chi connectivity index (χ3v) is 3.90. The Morgan fingerprint density at radius 3 is 2.30 bits per heavy atom. The quantitative estimate of drug-likeness (QED) is 0.399. The molecule has 1 heterocycles. The van der Waals surface area contributed by atoms with Crippen molar-refractivity contribution in [1.82, 2.24) is 0 Å². The topological polar surface area (TPSA) is 105 Å². The normalized spacial score (nSPS) is 31.1. The molecule has 0 aromatic rings. The Hall–Kier alpha value is -0.730. The van der Waals surface area contributed by atoms with Gasteiger partial charge in [0.2, 0.25) is 0 Å². The number of unbranched alkanes of at least 4 members (excludes halogenated alkanes) is 5. The largest absolute Gasteiger partial charge is 0.463 e. The second-order valence-corrected chi connectivity index (χ2v) is 5.96. The van der Waals surface area contributed by atoms with Crippen LogP contribution in [-0.4, -0.2) is 65.2 Å². The molecular formula is C16H30O7. The molecular weight excluding hydrogens is 304 g/mol. The highest BCUT2D eigenvalue weighted by Gasteiger charge is 2.44. The van der Waals surface area contributed by atoms with E-state index in [1.54, 1.807) is 0 Å². The van der Waals surface area contributed by atoms with Crippen molar-refractivity contribution in [2.75, 3.05) is 13.2 Å². The summed E-state index contributed by atoms with van der Waals surface area (Å²) in [7, 11) is 0. The first kappa shape index (κ1) is 20.3. The van der Waals surface area contributed by atoms with E-state index in [1.807, 2.05) is 0 Å². The van der Waals surface area contributed by atoms with E-state index in [2.05, 4.69) is 6.92 Å². The van der Waals surface area contributed by atoms with Gasteiger partial charge in [-0.3, -0.25) is 4.79 Å². The fourth-order valence-electron chi connectivity index (χ4n) is 2.47. The first-order valence-electron chi connectivity index (χ1n) is 8.42. The highest BCUT2D eigenvalue weighted by Crippen LogP contribution is 2.22. The van der Waals surface area contributed by atoms with Crippen LogP contribution in [-0.2, 0) is 19.0 Å². The molecule has 23 heavy (non-hydrogen) atoms. The van der Waals surface area contributed by atoms with E-state index in [0.29, 0.717) is 6.61 Å². The number of rotatable bonds is 10. The van der Waals surface area contributed by atoms with Crippen molar-refractivity contribution in [1.29, 1.82) is 0 Å². The van der Waals surface area contributed by atoms with Gasteiger partial charge in [-0.25, -0.2) is 0 Å². The Kier molecular flexibility index (Phi) is 9.66. The van der Waals surface area contributed by atoms with Gasteiger partial charge in [0.15, 0.2) is 6.29 Å². The summed E-state index contributed by atoms with van der Waals surface area (Å²) >= 11 is 0. The summed E-state index contributed by atoms with van der Waals surface area (Å²) < 4.78 is 15.7. The van der Waals surface area contributed by atoms with E-state index in [0.717, 1.165) is 19.3 Å². The molecule has 0 amide bonds. The summed E-state index contributed by atoms with van der Waals surface area (Å²) in [6.07, 6.45) is 0.604. The van der Waals surface area contributed by atoms with Crippen LogP contribution in [0.5, 0.6) is 0 Å². The average molecular weight is 334 g/mol. The Morgan fingerprint density at radius 1 is 1.00 bits per heavy atom. The molecule has 1 aliphatic heterocycles. The highest BCUT2D eigenvalue weighted by molar-refractivity contribution is 5.65. The van der Waals surface area contributed by atoms with E-state index in [9.17, 15) is 20.1 Å². The van der Waals surface area contributed by atoms with Gasteiger partial charge < -0.3 is 29.5 Å². The minimum atomic E-state index is -1.40. The van der Waals surface area contributed by atoms with Gasteiger partial charge in [0.1, 0.15) is 31.0 Å². The van der Waals surface area contributed by atoms with Crippen molar-refractivity contribution in [3.63, 3.8) is 0 Å². The van der Waals surface area contributed by atoms with Gasteiger partial charge in [-0.15, -0.1) is 0 Å². The van der Waals surface area contributed by atoms with E-state index in [4.69, 9.17) is 14.2 Å². The Balaban J connectivity index is 2.33. The van der Waals surface area contributed by atoms with Gasteiger partial charge in [-0.2, -0.15) is 0 Å². The van der Waals surface area contributed by atoms with Crippen LogP contribution in [0.1, 0.15) is 52.4 Å². The second kappa shape index (κ2) is 10.9. The van der Waals surface area contributed by atoms with Crippen LogP contribution >= 0.6 is 0 Å². The first-order chi connectivity index (χ1) is 11.0. The maximum absolute atomic E-state index is 10.8. The molecule has 7 heteroatoms. The SMILES string of the molecule is CCCCCCCCO[C@@H]1O[C@H](COC(C)=O)[C@@H](O)[C@H](O)[C@H]1O. The molecule has 0 aromatic heterocycles. The fraction of sp³-hybridized carbons (Fsp3) is 0.938. The molecule has 1 fully saturated rings. The zero-order valence-electron chi connectivity index (χ0n) is 14.0. The van der Waals surface area contributed by atoms with Gasteiger partial charge in [-0.05, 0) is 6.42 Å². The van der Waals surface area contributed by atoms with E-state index < -0.39 is 36.7 Å². The van der Waals surface area contributed by atoms with Gasteiger partial charge in [0.05, 0.1) is 0 Å². The lowest BCUT2D eigenvalue weighted by molar-refractivity contribution is -0.301. The van der Waals surface area contributed by atoms with Crippen LogP contribution in [0.25, 0.3) is 0 Å². The summed E-state index contributed by atoms with van der Waals surface area (Å²) in [5.41, 5.74) is 0. The minimum absolute atomic E-state index is 0.197. The van der Waals surface area contributed by atoms with Crippen molar-refractivity contribution in [2.24, 2.45) is 0 Å². The first-order valence-corrected chi connectivity index (χ1v) is 8.42. The lowest BCUT2D eigenvalue weighted by Gasteiger charge is -2.39. The molecule has 5 atom stereocenters. The van der Waals surface area contributed by atoms with Crippen LogP contribution in [0.2, 0.25) is 0 Å². The molecule has 1 aliphatic rings. The summed E-state index contributed by atoms with van der Waals surface area (Å²) in [6, 6.07) is 0. The molecule has 0 bridgehead atoms. The molecule has 0 saturated carbocycles. The maximum Gasteiger partial charge on any atom is 0.302 e. The minimum Gasteiger partial charge on any atom is -0.463 e. The van der Waals surface area contributed by atoms with Crippen LogP contribution in [0.4, 0.5) is 0 Å². The third-order valence-electron chi connectivity index (χ3n) is 3.90. The summed E-state index contributed by atoms with van der Waals surface area (Å²) in [5, 5.41) is 29.6.